The van der Waals surface area contributed by atoms with Crippen molar-refractivity contribution in [3.8, 4) is 5.75 Å². The number of halogens is 2. The van der Waals surface area contributed by atoms with Crippen molar-refractivity contribution < 1.29 is 18.3 Å². The van der Waals surface area contributed by atoms with Crippen molar-refractivity contribution in [2.24, 2.45) is 4.99 Å². The number of methoxy groups -OCH3 is 1. The Balaban J connectivity index is 1.40. The van der Waals surface area contributed by atoms with Crippen LogP contribution in [0.3, 0.4) is 0 Å². The first kappa shape index (κ1) is 21.8. The highest BCUT2D eigenvalue weighted by molar-refractivity contribution is 5.80. The molecule has 2 aromatic rings. The van der Waals surface area contributed by atoms with Crippen molar-refractivity contribution in [3.05, 3.63) is 59.7 Å². The Kier molecular flexibility index (Phi) is 7.84. The molecule has 8 heteroatoms. The van der Waals surface area contributed by atoms with Gasteiger partial charge in [0.05, 0.1) is 26.0 Å². The lowest BCUT2D eigenvalue weighted by Crippen LogP contribution is -2.45. The van der Waals surface area contributed by atoms with Gasteiger partial charge in [0, 0.05) is 44.4 Å². The lowest BCUT2D eigenvalue weighted by molar-refractivity contribution is 0.123. The predicted molar refractivity (Wildman–Crippen MR) is 114 cm³/mol. The van der Waals surface area contributed by atoms with Crippen molar-refractivity contribution in [2.45, 2.75) is 19.1 Å². The first-order valence-electron chi connectivity index (χ1n) is 9.97. The summed E-state index contributed by atoms with van der Waals surface area (Å²) in [4.78, 5) is 6.15. The molecule has 0 radical (unpaired) electrons. The molecule has 1 aliphatic heterocycles. The van der Waals surface area contributed by atoms with E-state index in [9.17, 15) is 8.78 Å². The molecule has 0 saturated carbocycles. The van der Waals surface area contributed by atoms with Crippen molar-refractivity contribution in [2.75, 3.05) is 45.3 Å². The van der Waals surface area contributed by atoms with Gasteiger partial charge in [-0.3, -0.25) is 4.99 Å². The van der Waals surface area contributed by atoms with Gasteiger partial charge in [0.25, 0.3) is 0 Å². The molecule has 162 valence electrons. The van der Waals surface area contributed by atoms with Crippen molar-refractivity contribution in [3.63, 3.8) is 0 Å². The van der Waals surface area contributed by atoms with E-state index in [-0.39, 0.29) is 6.04 Å². The van der Waals surface area contributed by atoms with E-state index >= 15 is 0 Å². The Hall–Kier alpha value is -2.87. The standard InChI is InChI=1S/C22H28F2N4O2/c1-25-22(26-10-12-30-15-16-5-3-4-6-21(16)29-2)27-18-9-11-28(14-18)20-8-7-17(23)13-19(20)24/h3-8,13,18H,9-12,14-15H2,1-2H3,(H2,25,26,27). The highest BCUT2D eigenvalue weighted by Crippen LogP contribution is 2.24. The molecular weight excluding hydrogens is 390 g/mol. The van der Waals surface area contributed by atoms with Gasteiger partial charge in [0.15, 0.2) is 5.96 Å². The van der Waals surface area contributed by atoms with Gasteiger partial charge >= 0.3 is 0 Å². The highest BCUT2D eigenvalue weighted by atomic mass is 19.1. The van der Waals surface area contributed by atoms with Crippen LogP contribution in [0.4, 0.5) is 14.5 Å². The molecule has 0 spiro atoms. The first-order chi connectivity index (χ1) is 14.6. The number of guanidine groups is 1. The SMILES string of the molecule is CN=C(NCCOCc1ccccc1OC)NC1CCN(c2ccc(F)cc2F)C1. The molecule has 3 rings (SSSR count). The van der Waals surface area contributed by atoms with Crippen LogP contribution in [0.25, 0.3) is 0 Å². The largest absolute Gasteiger partial charge is 0.496 e. The zero-order valence-corrected chi connectivity index (χ0v) is 17.3. The smallest absolute Gasteiger partial charge is 0.191 e. The van der Waals surface area contributed by atoms with E-state index in [2.05, 4.69) is 15.6 Å². The van der Waals surface area contributed by atoms with Gasteiger partial charge in [-0.2, -0.15) is 0 Å². The molecule has 2 aromatic carbocycles. The van der Waals surface area contributed by atoms with E-state index in [1.54, 1.807) is 14.2 Å². The fourth-order valence-corrected chi connectivity index (χ4v) is 3.47. The summed E-state index contributed by atoms with van der Waals surface area (Å²) in [6.07, 6.45) is 0.835. The van der Waals surface area contributed by atoms with Crippen molar-refractivity contribution in [1.82, 2.24) is 10.6 Å². The van der Waals surface area contributed by atoms with Crippen LogP contribution < -0.4 is 20.3 Å². The predicted octanol–water partition coefficient (Wildman–Crippen LogP) is 2.93. The normalized spacial score (nSPS) is 16.6. The molecule has 0 aromatic heterocycles. The zero-order valence-electron chi connectivity index (χ0n) is 17.3. The van der Waals surface area contributed by atoms with Crippen molar-refractivity contribution >= 4 is 11.6 Å². The summed E-state index contributed by atoms with van der Waals surface area (Å²) in [6.45, 7) is 2.89. The molecule has 1 aliphatic rings. The molecule has 0 amide bonds. The summed E-state index contributed by atoms with van der Waals surface area (Å²) in [5.41, 5.74) is 1.43. The topological polar surface area (TPSA) is 58.1 Å². The van der Waals surface area contributed by atoms with E-state index < -0.39 is 11.6 Å². The van der Waals surface area contributed by atoms with Gasteiger partial charge in [-0.05, 0) is 24.6 Å². The van der Waals surface area contributed by atoms with Crippen LogP contribution in [-0.4, -0.2) is 52.4 Å². The van der Waals surface area contributed by atoms with Crippen LogP contribution in [0.2, 0.25) is 0 Å². The molecular formula is C22H28F2N4O2. The Labute approximate surface area is 175 Å². The third kappa shape index (κ3) is 5.82. The van der Waals surface area contributed by atoms with E-state index in [0.29, 0.717) is 44.5 Å². The maximum Gasteiger partial charge on any atom is 0.191 e. The van der Waals surface area contributed by atoms with Gasteiger partial charge in [0.2, 0.25) is 0 Å². The van der Waals surface area contributed by atoms with E-state index in [0.717, 1.165) is 23.8 Å². The van der Waals surface area contributed by atoms with Gasteiger partial charge in [-0.1, -0.05) is 18.2 Å². The van der Waals surface area contributed by atoms with Gasteiger partial charge in [-0.15, -0.1) is 0 Å². The van der Waals surface area contributed by atoms with Crippen LogP contribution in [0.15, 0.2) is 47.5 Å². The number of nitrogens with one attached hydrogen (secondary N) is 2. The van der Waals surface area contributed by atoms with Gasteiger partial charge in [-0.25, -0.2) is 8.78 Å². The fraction of sp³-hybridized carbons (Fsp3) is 0.409. The molecule has 1 saturated heterocycles. The third-order valence-electron chi connectivity index (χ3n) is 4.99. The van der Waals surface area contributed by atoms with Crippen LogP contribution in [0.5, 0.6) is 5.75 Å². The minimum Gasteiger partial charge on any atom is -0.496 e. The second-order valence-corrected chi connectivity index (χ2v) is 7.04. The summed E-state index contributed by atoms with van der Waals surface area (Å²) < 4.78 is 38.2. The number of ether oxygens (including phenoxy) is 2. The molecule has 0 bridgehead atoms. The molecule has 1 fully saturated rings. The molecule has 1 atom stereocenters. The quantitative estimate of drug-likeness (QED) is 0.392. The summed E-state index contributed by atoms with van der Waals surface area (Å²) in [5, 5.41) is 6.57. The summed E-state index contributed by atoms with van der Waals surface area (Å²) in [7, 11) is 3.35. The number of para-hydroxylation sites is 1. The molecule has 6 nitrogen and oxygen atoms in total. The number of benzene rings is 2. The van der Waals surface area contributed by atoms with Gasteiger partial charge in [0.1, 0.15) is 17.4 Å². The maximum atomic E-state index is 14.0. The Morgan fingerprint density at radius 3 is 2.83 bits per heavy atom. The average molecular weight is 418 g/mol. The Morgan fingerprint density at radius 1 is 1.23 bits per heavy atom. The van der Waals surface area contributed by atoms with Crippen LogP contribution >= 0.6 is 0 Å². The minimum absolute atomic E-state index is 0.121. The number of hydrogen-bond acceptors (Lipinski definition) is 4. The average Bonchev–Trinajstić information content (AvgIpc) is 3.21. The third-order valence-corrected chi connectivity index (χ3v) is 4.99. The van der Waals surface area contributed by atoms with E-state index in [1.165, 1.54) is 12.1 Å². The Bertz CT molecular complexity index is 863. The minimum atomic E-state index is -0.567. The number of nitrogens with zero attached hydrogens (tertiary/aromatic N) is 2. The summed E-state index contributed by atoms with van der Waals surface area (Å²) >= 11 is 0. The highest BCUT2D eigenvalue weighted by Gasteiger charge is 2.25. The van der Waals surface area contributed by atoms with E-state index in [4.69, 9.17) is 9.47 Å². The summed E-state index contributed by atoms with van der Waals surface area (Å²) in [5.74, 6) is 0.377. The molecule has 2 N–H and O–H groups in total. The lowest BCUT2D eigenvalue weighted by atomic mass is 10.2. The van der Waals surface area contributed by atoms with Gasteiger partial charge < -0.3 is 25.0 Å². The molecule has 0 aliphatic carbocycles. The molecule has 1 unspecified atom stereocenters. The van der Waals surface area contributed by atoms with E-state index in [1.807, 2.05) is 29.2 Å². The van der Waals surface area contributed by atoms with Crippen molar-refractivity contribution in [1.29, 1.82) is 0 Å². The molecule has 30 heavy (non-hydrogen) atoms. The zero-order chi connectivity index (χ0) is 21.3. The Morgan fingerprint density at radius 2 is 2.07 bits per heavy atom. The summed E-state index contributed by atoms with van der Waals surface area (Å²) in [6, 6.07) is 11.6. The number of aliphatic imine (C=N–C) groups is 1. The second kappa shape index (κ2) is 10.8. The monoisotopic (exact) mass is 418 g/mol. The fourth-order valence-electron chi connectivity index (χ4n) is 3.47. The molecule has 1 heterocycles. The first-order valence-corrected chi connectivity index (χ1v) is 9.97. The lowest BCUT2D eigenvalue weighted by Gasteiger charge is -2.21. The number of anilines is 1. The maximum absolute atomic E-state index is 14.0. The van der Waals surface area contributed by atoms with Crippen LogP contribution in [0.1, 0.15) is 12.0 Å². The number of rotatable bonds is 8. The van der Waals surface area contributed by atoms with Crippen LogP contribution in [-0.2, 0) is 11.3 Å². The van der Waals surface area contributed by atoms with Crippen LogP contribution in [0, 0.1) is 11.6 Å². The second-order valence-electron chi connectivity index (χ2n) is 7.04. The number of hydrogen-bond donors (Lipinski definition) is 2.